The average Bonchev–Trinajstić information content (AvgIpc) is 2.74. The van der Waals surface area contributed by atoms with E-state index in [1.807, 2.05) is 45.9 Å². The van der Waals surface area contributed by atoms with Crippen molar-refractivity contribution in [3.05, 3.63) is 59.2 Å². The molecule has 0 aliphatic carbocycles. The first-order valence-corrected chi connectivity index (χ1v) is 12.1. The van der Waals surface area contributed by atoms with Crippen LogP contribution in [0.2, 0.25) is 0 Å². The lowest BCUT2D eigenvalue weighted by atomic mass is 9.94. The van der Waals surface area contributed by atoms with Gasteiger partial charge < -0.3 is 10.1 Å². The van der Waals surface area contributed by atoms with E-state index < -0.39 is 28.5 Å². The molecule has 3 rings (SSSR count). The van der Waals surface area contributed by atoms with Crippen molar-refractivity contribution in [2.75, 3.05) is 25.0 Å². The van der Waals surface area contributed by atoms with Gasteiger partial charge in [0.2, 0.25) is 10.0 Å². The van der Waals surface area contributed by atoms with Gasteiger partial charge in [0.15, 0.2) is 6.61 Å². The summed E-state index contributed by atoms with van der Waals surface area (Å²) in [7, 11) is -3.62. The molecular formula is C24H30N2O5S. The lowest BCUT2D eigenvalue weighted by Crippen LogP contribution is -2.42. The van der Waals surface area contributed by atoms with Gasteiger partial charge in [-0.2, -0.15) is 4.31 Å². The van der Waals surface area contributed by atoms with Crippen molar-refractivity contribution < 1.29 is 22.7 Å². The molecule has 1 heterocycles. The molecule has 1 saturated heterocycles. The van der Waals surface area contributed by atoms with Gasteiger partial charge in [-0.15, -0.1) is 0 Å². The second-order valence-corrected chi connectivity index (χ2v) is 10.7. The maximum absolute atomic E-state index is 13.0. The van der Waals surface area contributed by atoms with Crippen molar-refractivity contribution in [3.63, 3.8) is 0 Å². The van der Waals surface area contributed by atoms with Crippen molar-refractivity contribution in [1.29, 1.82) is 0 Å². The number of rotatable bonds is 6. The second kappa shape index (κ2) is 9.83. The lowest BCUT2D eigenvalue weighted by Gasteiger charge is -2.34. The van der Waals surface area contributed by atoms with E-state index in [2.05, 4.69) is 5.32 Å². The molecule has 1 fully saturated rings. The van der Waals surface area contributed by atoms with Crippen molar-refractivity contribution in [1.82, 2.24) is 4.31 Å². The smallest absolute Gasteiger partial charge is 0.338 e. The zero-order chi connectivity index (χ0) is 23.5. The van der Waals surface area contributed by atoms with Crippen LogP contribution >= 0.6 is 0 Å². The summed E-state index contributed by atoms with van der Waals surface area (Å²) in [5.74, 6) is -0.528. The lowest BCUT2D eigenvalue weighted by molar-refractivity contribution is -0.119. The van der Waals surface area contributed by atoms with E-state index in [0.29, 0.717) is 30.6 Å². The quantitative estimate of drug-likeness (QED) is 0.666. The normalized spacial score (nSPS) is 19.4. The molecule has 1 amide bonds. The van der Waals surface area contributed by atoms with E-state index >= 15 is 0 Å². The van der Waals surface area contributed by atoms with Crippen LogP contribution in [0.15, 0.2) is 47.4 Å². The summed E-state index contributed by atoms with van der Waals surface area (Å²) in [5.41, 5.74) is 2.77. The number of nitrogens with one attached hydrogen (secondary N) is 1. The van der Waals surface area contributed by atoms with Gasteiger partial charge in [0, 0.05) is 18.8 Å². The Bertz CT molecular complexity index is 1090. The number of esters is 1. The van der Waals surface area contributed by atoms with E-state index in [-0.39, 0.29) is 10.5 Å². The summed E-state index contributed by atoms with van der Waals surface area (Å²) in [6.45, 7) is 8.45. The van der Waals surface area contributed by atoms with Gasteiger partial charge in [-0.25, -0.2) is 13.2 Å². The Balaban J connectivity index is 1.60. The molecule has 32 heavy (non-hydrogen) atoms. The summed E-state index contributed by atoms with van der Waals surface area (Å²) in [6, 6.07) is 11.3. The minimum Gasteiger partial charge on any atom is -0.452 e. The van der Waals surface area contributed by atoms with E-state index in [0.717, 1.165) is 17.5 Å². The Morgan fingerprint density at radius 2 is 1.66 bits per heavy atom. The molecule has 1 aliphatic heterocycles. The van der Waals surface area contributed by atoms with E-state index in [1.165, 1.54) is 28.6 Å². The molecule has 1 N–H and O–H groups in total. The largest absolute Gasteiger partial charge is 0.452 e. The molecule has 172 valence electrons. The molecule has 0 unspecified atom stereocenters. The Kier molecular flexibility index (Phi) is 7.36. The van der Waals surface area contributed by atoms with E-state index in [1.54, 1.807) is 0 Å². The van der Waals surface area contributed by atoms with Crippen molar-refractivity contribution >= 4 is 27.6 Å². The third-order valence-electron chi connectivity index (χ3n) is 5.56. The summed E-state index contributed by atoms with van der Waals surface area (Å²) in [5, 5.41) is 2.73. The fourth-order valence-corrected chi connectivity index (χ4v) is 5.66. The molecular weight excluding hydrogens is 428 g/mol. The molecule has 1 aliphatic rings. The maximum Gasteiger partial charge on any atom is 0.338 e. The van der Waals surface area contributed by atoms with Crippen LogP contribution in [0.1, 0.15) is 41.8 Å². The number of carbonyl (C=O) groups is 2. The van der Waals surface area contributed by atoms with Crippen LogP contribution in [-0.4, -0.2) is 44.3 Å². The van der Waals surface area contributed by atoms with Crippen LogP contribution < -0.4 is 5.32 Å². The molecule has 0 spiro atoms. The number of sulfonamides is 1. The topological polar surface area (TPSA) is 92.8 Å². The highest BCUT2D eigenvalue weighted by molar-refractivity contribution is 7.89. The number of benzene rings is 2. The van der Waals surface area contributed by atoms with Crippen molar-refractivity contribution in [2.45, 2.75) is 39.0 Å². The number of aryl methyl sites for hydroxylation is 2. The van der Waals surface area contributed by atoms with Gasteiger partial charge in [-0.3, -0.25) is 4.79 Å². The number of ether oxygens (including phenoxy) is 1. The summed E-state index contributed by atoms with van der Waals surface area (Å²) in [4.78, 5) is 24.6. The van der Waals surface area contributed by atoms with Crippen LogP contribution in [0.3, 0.4) is 0 Å². The SMILES string of the molecule is Cc1ccc(C)c(NC(=O)COC(=O)c2ccc(S(=O)(=O)N3C[C@H](C)C[C@@H](C)C3)cc2)c1. The molecule has 8 heteroatoms. The molecule has 0 radical (unpaired) electrons. The minimum absolute atomic E-state index is 0.142. The molecule has 0 bridgehead atoms. The first-order chi connectivity index (χ1) is 15.1. The van der Waals surface area contributed by atoms with Gasteiger partial charge in [-0.05, 0) is 73.6 Å². The summed E-state index contributed by atoms with van der Waals surface area (Å²) in [6.07, 6.45) is 1.01. The third-order valence-corrected chi connectivity index (χ3v) is 7.41. The first-order valence-electron chi connectivity index (χ1n) is 10.7. The standard InChI is InChI=1S/C24H30N2O5S/c1-16-5-6-19(4)22(12-16)25-23(27)15-31-24(28)20-7-9-21(10-8-20)32(29,30)26-13-17(2)11-18(3)14-26/h5-10,12,17-18H,11,13-15H2,1-4H3,(H,25,27)/t17-,18-/m1/s1. The molecule has 2 aromatic rings. The van der Waals surface area contributed by atoms with Gasteiger partial charge >= 0.3 is 5.97 Å². The Labute approximate surface area is 189 Å². The molecule has 2 atom stereocenters. The zero-order valence-electron chi connectivity index (χ0n) is 18.9. The molecule has 0 saturated carbocycles. The van der Waals surface area contributed by atoms with Crippen LogP contribution in [-0.2, 0) is 19.6 Å². The fourth-order valence-electron chi connectivity index (χ4n) is 3.99. The van der Waals surface area contributed by atoms with Gasteiger partial charge in [0.25, 0.3) is 5.91 Å². The summed E-state index contributed by atoms with van der Waals surface area (Å²) < 4.78 is 32.5. The van der Waals surface area contributed by atoms with Crippen LogP contribution in [0.4, 0.5) is 5.69 Å². The molecule has 7 nitrogen and oxygen atoms in total. The monoisotopic (exact) mass is 458 g/mol. The zero-order valence-corrected chi connectivity index (χ0v) is 19.7. The first kappa shape index (κ1) is 23.9. The number of hydrogen-bond donors (Lipinski definition) is 1. The number of nitrogens with zero attached hydrogens (tertiary/aromatic N) is 1. The van der Waals surface area contributed by atoms with E-state index in [4.69, 9.17) is 4.74 Å². The van der Waals surface area contributed by atoms with Gasteiger partial charge in [0.1, 0.15) is 0 Å². The Morgan fingerprint density at radius 1 is 1.03 bits per heavy atom. The highest BCUT2D eigenvalue weighted by Gasteiger charge is 2.31. The highest BCUT2D eigenvalue weighted by atomic mass is 32.2. The van der Waals surface area contributed by atoms with Crippen LogP contribution in [0, 0.1) is 25.7 Å². The Hall–Kier alpha value is -2.71. The molecule has 2 aromatic carbocycles. The Morgan fingerprint density at radius 3 is 2.28 bits per heavy atom. The highest BCUT2D eigenvalue weighted by Crippen LogP contribution is 2.27. The number of carbonyl (C=O) groups excluding carboxylic acids is 2. The predicted molar refractivity (Wildman–Crippen MR) is 123 cm³/mol. The van der Waals surface area contributed by atoms with Crippen molar-refractivity contribution in [3.8, 4) is 0 Å². The predicted octanol–water partition coefficient (Wildman–Crippen LogP) is 3.77. The molecule has 0 aromatic heterocycles. The van der Waals surface area contributed by atoms with E-state index in [9.17, 15) is 18.0 Å². The van der Waals surface area contributed by atoms with Gasteiger partial charge in [-0.1, -0.05) is 26.0 Å². The number of anilines is 1. The fraction of sp³-hybridized carbons (Fsp3) is 0.417. The van der Waals surface area contributed by atoms with Gasteiger partial charge in [0.05, 0.1) is 10.5 Å². The average molecular weight is 459 g/mol. The van der Waals surface area contributed by atoms with Crippen molar-refractivity contribution in [2.24, 2.45) is 11.8 Å². The second-order valence-electron chi connectivity index (χ2n) is 8.74. The number of piperidine rings is 1. The minimum atomic E-state index is -3.62. The summed E-state index contributed by atoms with van der Waals surface area (Å²) >= 11 is 0. The van der Waals surface area contributed by atoms with Crippen LogP contribution in [0.5, 0.6) is 0 Å². The van der Waals surface area contributed by atoms with Crippen LogP contribution in [0.25, 0.3) is 0 Å². The number of amides is 1. The maximum atomic E-state index is 13.0. The third kappa shape index (κ3) is 5.75. The number of hydrogen-bond acceptors (Lipinski definition) is 5.